The van der Waals surface area contributed by atoms with Gasteiger partial charge >= 0.3 is 0 Å². The minimum Gasteiger partial charge on any atom is -0.292 e. The third kappa shape index (κ3) is 4.43. The molecule has 0 aliphatic heterocycles. The van der Waals surface area contributed by atoms with Gasteiger partial charge in [0.1, 0.15) is 0 Å². The van der Waals surface area contributed by atoms with Gasteiger partial charge in [0.2, 0.25) is 0 Å². The molecule has 6 heteroatoms. The summed E-state index contributed by atoms with van der Waals surface area (Å²) in [5.41, 5.74) is 7.25. The summed E-state index contributed by atoms with van der Waals surface area (Å²) in [7, 11) is 4.34. The smallest absolute Gasteiger partial charge is 0.0727 e. The molecule has 3 aromatic rings. The second kappa shape index (κ2) is 9.43. The van der Waals surface area contributed by atoms with E-state index in [9.17, 15) is 0 Å². The zero-order valence-electron chi connectivity index (χ0n) is 19.1. The summed E-state index contributed by atoms with van der Waals surface area (Å²) in [6, 6.07) is 9.23. The maximum absolute atomic E-state index is 4.75. The summed E-state index contributed by atoms with van der Waals surface area (Å²) in [6.07, 6.45) is 14.7. The maximum atomic E-state index is 4.75. The average Bonchev–Trinajstić information content (AvgIpc) is 2.84. The van der Waals surface area contributed by atoms with Crippen molar-refractivity contribution in [1.29, 1.82) is 0 Å². The van der Waals surface area contributed by atoms with Crippen molar-refractivity contribution < 1.29 is 0 Å². The lowest BCUT2D eigenvalue weighted by molar-refractivity contribution is 0.203. The van der Waals surface area contributed by atoms with Crippen LogP contribution in [0.4, 0.5) is 0 Å². The average molecular weight is 429 g/mol. The lowest BCUT2D eigenvalue weighted by Crippen LogP contribution is -2.29. The molecule has 3 aromatic heterocycles. The van der Waals surface area contributed by atoms with Gasteiger partial charge in [0.25, 0.3) is 0 Å². The highest BCUT2D eigenvalue weighted by Gasteiger charge is 2.26. The van der Waals surface area contributed by atoms with Crippen LogP contribution in [0.3, 0.4) is 0 Å². The summed E-state index contributed by atoms with van der Waals surface area (Å²) in [6.45, 7) is 1.56. The molecule has 0 radical (unpaired) electrons. The van der Waals surface area contributed by atoms with E-state index < -0.39 is 0 Å². The second-order valence-corrected chi connectivity index (χ2v) is 9.24. The molecule has 32 heavy (non-hydrogen) atoms. The summed E-state index contributed by atoms with van der Waals surface area (Å²) < 4.78 is 0. The Labute approximate surface area is 190 Å². The van der Waals surface area contributed by atoms with Crippen LogP contribution in [-0.4, -0.2) is 43.8 Å². The normalized spacial score (nSPS) is 20.2. The van der Waals surface area contributed by atoms with E-state index in [1.807, 2.05) is 36.9 Å². The van der Waals surface area contributed by atoms with Gasteiger partial charge in [0.05, 0.1) is 47.3 Å². The minimum atomic E-state index is 0.353. The van der Waals surface area contributed by atoms with Crippen molar-refractivity contribution in [2.45, 2.75) is 63.7 Å². The number of hydrogen-bond donors (Lipinski definition) is 0. The first-order valence-corrected chi connectivity index (χ1v) is 11.8. The summed E-state index contributed by atoms with van der Waals surface area (Å²) in [5.74, 6) is 0. The molecule has 166 valence electrons. The van der Waals surface area contributed by atoms with Gasteiger partial charge in [-0.3, -0.25) is 29.7 Å². The molecular formula is C26H32N6. The molecule has 0 fully saturated rings. The molecule has 2 aliphatic carbocycles. The van der Waals surface area contributed by atoms with E-state index in [4.69, 9.17) is 9.97 Å². The fourth-order valence-corrected chi connectivity index (χ4v) is 5.30. The topological polar surface area (TPSA) is 58.0 Å². The molecular weight excluding hydrogens is 396 g/mol. The molecule has 6 nitrogen and oxygen atoms in total. The number of nitrogens with zero attached hydrogens (tertiary/aromatic N) is 6. The van der Waals surface area contributed by atoms with Gasteiger partial charge in [-0.1, -0.05) is 12.1 Å². The molecule has 2 atom stereocenters. The van der Waals surface area contributed by atoms with Crippen molar-refractivity contribution in [3.05, 3.63) is 83.0 Å². The van der Waals surface area contributed by atoms with Crippen molar-refractivity contribution in [1.82, 2.24) is 29.7 Å². The fraction of sp³-hybridized carbons (Fsp3) is 0.462. The van der Waals surface area contributed by atoms with Gasteiger partial charge in [-0.05, 0) is 75.9 Å². The lowest BCUT2D eigenvalue weighted by Gasteiger charge is -2.32. The Kier molecular flexibility index (Phi) is 6.23. The van der Waals surface area contributed by atoms with Crippen molar-refractivity contribution in [2.24, 2.45) is 0 Å². The number of aromatic nitrogens is 4. The molecule has 0 N–H and O–H groups in total. The Bertz CT molecular complexity index is 966. The molecule has 0 aromatic carbocycles. The highest BCUT2D eigenvalue weighted by atomic mass is 15.2. The second-order valence-electron chi connectivity index (χ2n) is 9.24. The van der Waals surface area contributed by atoms with Gasteiger partial charge < -0.3 is 0 Å². The molecule has 0 bridgehead atoms. The highest BCUT2D eigenvalue weighted by molar-refractivity contribution is 5.26. The van der Waals surface area contributed by atoms with Crippen LogP contribution >= 0.6 is 0 Å². The monoisotopic (exact) mass is 428 g/mol. The molecule has 0 amide bonds. The molecule has 0 saturated carbocycles. The molecule has 5 rings (SSSR count). The highest BCUT2D eigenvalue weighted by Crippen LogP contribution is 2.33. The van der Waals surface area contributed by atoms with Gasteiger partial charge in [0.15, 0.2) is 0 Å². The van der Waals surface area contributed by atoms with Gasteiger partial charge in [-0.15, -0.1) is 0 Å². The Balaban J connectivity index is 1.23. The zero-order valence-corrected chi connectivity index (χ0v) is 19.1. The lowest BCUT2D eigenvalue weighted by atomic mass is 9.91. The van der Waals surface area contributed by atoms with Crippen molar-refractivity contribution in [2.75, 3.05) is 14.1 Å². The largest absolute Gasteiger partial charge is 0.292 e. The molecule has 3 heterocycles. The van der Waals surface area contributed by atoms with E-state index in [-0.39, 0.29) is 0 Å². The van der Waals surface area contributed by atoms with Crippen molar-refractivity contribution in [3.8, 4) is 0 Å². The first-order chi connectivity index (χ1) is 15.7. The molecule has 0 spiro atoms. The predicted octanol–water partition coefficient (Wildman–Crippen LogP) is 4.29. The van der Waals surface area contributed by atoms with Crippen LogP contribution in [0.15, 0.2) is 49.1 Å². The summed E-state index contributed by atoms with van der Waals surface area (Å²) in [5, 5.41) is 0. The molecule has 0 saturated heterocycles. The van der Waals surface area contributed by atoms with Crippen LogP contribution in [0, 0.1) is 0 Å². The number of fused-ring (bicyclic) bond motifs is 2. The third-order valence-corrected chi connectivity index (χ3v) is 6.98. The van der Waals surface area contributed by atoms with E-state index in [1.165, 1.54) is 35.4 Å². The Morgan fingerprint density at radius 2 is 1.19 bits per heavy atom. The van der Waals surface area contributed by atoms with Crippen molar-refractivity contribution >= 4 is 0 Å². The number of pyridine rings is 2. The van der Waals surface area contributed by atoms with Crippen LogP contribution in [0.2, 0.25) is 0 Å². The summed E-state index contributed by atoms with van der Waals surface area (Å²) in [4.78, 5) is 23.6. The fourth-order valence-electron chi connectivity index (χ4n) is 5.30. The van der Waals surface area contributed by atoms with E-state index >= 15 is 0 Å². The SMILES string of the molecule is CN(Cc1cnc(CN(C)C2CCCc3cccnc32)cn1)C1CCCc2cccnc21. The number of hydrogen-bond acceptors (Lipinski definition) is 6. The Morgan fingerprint density at radius 3 is 1.62 bits per heavy atom. The number of aryl methyl sites for hydroxylation is 2. The van der Waals surface area contributed by atoms with E-state index in [0.29, 0.717) is 12.1 Å². The van der Waals surface area contributed by atoms with Gasteiger partial charge in [0, 0.05) is 25.5 Å². The van der Waals surface area contributed by atoms with E-state index in [2.05, 4.69) is 46.0 Å². The Hall–Kier alpha value is -2.70. The number of rotatable bonds is 6. The first-order valence-electron chi connectivity index (χ1n) is 11.8. The first kappa shape index (κ1) is 21.2. The van der Waals surface area contributed by atoms with E-state index in [1.54, 1.807) is 0 Å². The van der Waals surface area contributed by atoms with Crippen molar-refractivity contribution in [3.63, 3.8) is 0 Å². The summed E-state index contributed by atoms with van der Waals surface area (Å²) >= 11 is 0. The third-order valence-electron chi connectivity index (χ3n) is 6.98. The van der Waals surface area contributed by atoms with E-state index in [0.717, 1.165) is 50.2 Å². The standard InChI is InChI=1S/C26H32N6/c1-31(23-11-3-7-19-9-5-13-27-25(19)23)17-21-15-30-22(16-29-21)18-32(2)24-12-4-8-20-10-6-14-28-26(20)24/h5-6,9-10,13-16,23-24H,3-4,7-8,11-12,17-18H2,1-2H3. The zero-order chi connectivity index (χ0) is 21.9. The van der Waals surface area contributed by atoms with Gasteiger partial charge in [-0.25, -0.2) is 0 Å². The van der Waals surface area contributed by atoms with Crippen LogP contribution in [0.1, 0.15) is 71.7 Å². The predicted molar refractivity (Wildman–Crippen MR) is 125 cm³/mol. The van der Waals surface area contributed by atoms with Crippen LogP contribution < -0.4 is 0 Å². The van der Waals surface area contributed by atoms with Gasteiger partial charge in [-0.2, -0.15) is 0 Å². The quantitative estimate of drug-likeness (QED) is 0.584. The minimum absolute atomic E-state index is 0.353. The molecule has 2 aliphatic rings. The Morgan fingerprint density at radius 1 is 0.719 bits per heavy atom. The van der Waals surface area contributed by atoms with Crippen LogP contribution in [-0.2, 0) is 25.9 Å². The molecule has 2 unspecified atom stereocenters. The van der Waals surface area contributed by atoms with Crippen LogP contribution in [0.25, 0.3) is 0 Å². The maximum Gasteiger partial charge on any atom is 0.0727 e. The van der Waals surface area contributed by atoms with Crippen LogP contribution in [0.5, 0.6) is 0 Å².